The molecule has 0 amide bonds. The second kappa shape index (κ2) is 6.62. The lowest BCUT2D eigenvalue weighted by Gasteiger charge is -2.21. The summed E-state index contributed by atoms with van der Waals surface area (Å²) in [6, 6.07) is 4.20. The van der Waals surface area contributed by atoms with E-state index in [2.05, 4.69) is 5.16 Å². The first kappa shape index (κ1) is 17.0. The molecule has 0 heterocycles. The average Bonchev–Trinajstić information content (AvgIpc) is 2.40. The van der Waals surface area contributed by atoms with Crippen LogP contribution in [0.2, 0.25) is 10.0 Å². The molecule has 0 saturated heterocycles. The van der Waals surface area contributed by atoms with Crippen LogP contribution in [0, 0.1) is 5.92 Å². The first-order chi connectivity index (χ1) is 9.20. The van der Waals surface area contributed by atoms with E-state index in [-0.39, 0.29) is 27.3 Å². The molecule has 0 aliphatic carbocycles. The number of rotatable bonds is 5. The topological polar surface area (TPSA) is 96.0 Å². The number of oxime groups is 1. The summed E-state index contributed by atoms with van der Waals surface area (Å²) < 4.78 is 25.9. The van der Waals surface area contributed by atoms with Crippen molar-refractivity contribution < 1.29 is 13.6 Å². The second-order valence-corrected chi connectivity index (χ2v) is 7.14. The van der Waals surface area contributed by atoms with E-state index in [1.165, 1.54) is 25.2 Å². The van der Waals surface area contributed by atoms with Gasteiger partial charge in [0, 0.05) is 24.5 Å². The standard InChI is InChI=1S/C11H15Cl2N3O3S/c1-7(11(14)15-17)6-16(2)20(18,19)10-5-8(12)3-4-9(10)13/h3-5,7,17H,6H2,1-2H3,(H2,14,15). The molecule has 0 aliphatic heterocycles. The van der Waals surface area contributed by atoms with E-state index >= 15 is 0 Å². The summed E-state index contributed by atoms with van der Waals surface area (Å²) in [4.78, 5) is -0.0825. The van der Waals surface area contributed by atoms with Gasteiger partial charge < -0.3 is 10.9 Å². The van der Waals surface area contributed by atoms with Crippen LogP contribution >= 0.6 is 23.2 Å². The number of benzene rings is 1. The van der Waals surface area contributed by atoms with Gasteiger partial charge in [-0.3, -0.25) is 0 Å². The average molecular weight is 340 g/mol. The van der Waals surface area contributed by atoms with Crippen molar-refractivity contribution in [1.82, 2.24) is 4.31 Å². The Bertz CT molecular complexity index is 619. The van der Waals surface area contributed by atoms with Gasteiger partial charge >= 0.3 is 0 Å². The monoisotopic (exact) mass is 339 g/mol. The van der Waals surface area contributed by atoms with E-state index in [9.17, 15) is 8.42 Å². The maximum Gasteiger partial charge on any atom is 0.244 e. The fraction of sp³-hybridized carbons (Fsp3) is 0.364. The van der Waals surface area contributed by atoms with Crippen LogP contribution in [0.15, 0.2) is 28.3 Å². The smallest absolute Gasteiger partial charge is 0.244 e. The Hall–Kier alpha value is -1.02. The Kier molecular flexibility index (Phi) is 5.64. The van der Waals surface area contributed by atoms with Gasteiger partial charge in [0.25, 0.3) is 0 Å². The van der Waals surface area contributed by atoms with Gasteiger partial charge in [-0.1, -0.05) is 35.3 Å². The molecule has 0 fully saturated rings. The van der Waals surface area contributed by atoms with Gasteiger partial charge in [-0.2, -0.15) is 0 Å². The fourth-order valence-electron chi connectivity index (χ4n) is 1.52. The van der Waals surface area contributed by atoms with Gasteiger partial charge in [0.1, 0.15) is 10.7 Å². The number of amidine groups is 1. The van der Waals surface area contributed by atoms with Crippen LogP contribution in [-0.2, 0) is 10.0 Å². The lowest BCUT2D eigenvalue weighted by Crippen LogP contribution is -2.36. The van der Waals surface area contributed by atoms with E-state index < -0.39 is 15.9 Å². The number of hydrogen-bond donors (Lipinski definition) is 2. The molecule has 1 unspecified atom stereocenters. The van der Waals surface area contributed by atoms with E-state index in [0.717, 1.165) is 4.31 Å². The van der Waals surface area contributed by atoms with Gasteiger partial charge in [-0.25, -0.2) is 12.7 Å². The van der Waals surface area contributed by atoms with E-state index in [4.69, 9.17) is 34.1 Å². The Morgan fingerprint density at radius 3 is 2.65 bits per heavy atom. The van der Waals surface area contributed by atoms with Crippen LogP contribution < -0.4 is 5.73 Å². The Balaban J connectivity index is 3.07. The first-order valence-corrected chi connectivity index (χ1v) is 7.78. The summed E-state index contributed by atoms with van der Waals surface area (Å²) in [5.74, 6) is -0.498. The van der Waals surface area contributed by atoms with Gasteiger partial charge in [-0.15, -0.1) is 0 Å². The summed E-state index contributed by atoms with van der Waals surface area (Å²) in [7, 11) is -2.42. The summed E-state index contributed by atoms with van der Waals surface area (Å²) in [6.07, 6.45) is 0. The third-order valence-electron chi connectivity index (χ3n) is 2.73. The van der Waals surface area contributed by atoms with E-state index in [1.807, 2.05) is 0 Å². The normalized spacial score (nSPS) is 14.6. The van der Waals surface area contributed by atoms with Crippen molar-refractivity contribution in [1.29, 1.82) is 0 Å². The van der Waals surface area contributed by atoms with E-state index in [1.54, 1.807) is 6.92 Å². The van der Waals surface area contributed by atoms with Crippen LogP contribution in [-0.4, -0.2) is 37.4 Å². The molecular weight excluding hydrogens is 325 g/mol. The van der Waals surface area contributed by atoms with Crippen molar-refractivity contribution in [3.05, 3.63) is 28.2 Å². The lowest BCUT2D eigenvalue weighted by atomic mass is 10.2. The lowest BCUT2D eigenvalue weighted by molar-refractivity contribution is 0.312. The first-order valence-electron chi connectivity index (χ1n) is 5.59. The molecule has 0 bridgehead atoms. The van der Waals surface area contributed by atoms with Crippen molar-refractivity contribution in [2.75, 3.05) is 13.6 Å². The number of nitrogens with two attached hydrogens (primary N) is 1. The molecule has 0 aromatic heterocycles. The number of halogens is 2. The number of sulfonamides is 1. The highest BCUT2D eigenvalue weighted by molar-refractivity contribution is 7.89. The fourth-order valence-corrected chi connectivity index (χ4v) is 3.51. The van der Waals surface area contributed by atoms with Crippen molar-refractivity contribution in [3.8, 4) is 0 Å². The third-order valence-corrected chi connectivity index (χ3v) is 5.27. The molecule has 0 aliphatic rings. The molecule has 1 aromatic rings. The predicted molar refractivity (Wildman–Crippen MR) is 78.9 cm³/mol. The number of nitrogens with zero attached hydrogens (tertiary/aromatic N) is 2. The zero-order valence-corrected chi connectivity index (χ0v) is 13.2. The molecule has 20 heavy (non-hydrogen) atoms. The minimum Gasteiger partial charge on any atom is -0.409 e. The molecule has 3 N–H and O–H groups in total. The Labute approximate surface area is 127 Å². The molecular formula is C11H15Cl2N3O3S. The van der Waals surface area contributed by atoms with E-state index in [0.29, 0.717) is 0 Å². The Morgan fingerprint density at radius 1 is 1.50 bits per heavy atom. The SMILES string of the molecule is CC(CN(C)S(=O)(=O)c1cc(Cl)ccc1Cl)C(N)=NO. The molecule has 6 nitrogen and oxygen atoms in total. The van der Waals surface area contributed by atoms with Crippen LogP contribution in [0.3, 0.4) is 0 Å². The largest absolute Gasteiger partial charge is 0.409 e. The molecule has 0 saturated carbocycles. The van der Waals surface area contributed by atoms with Crippen LogP contribution in [0.4, 0.5) is 0 Å². The molecule has 9 heteroatoms. The van der Waals surface area contributed by atoms with Crippen molar-refractivity contribution >= 4 is 39.1 Å². The molecule has 1 atom stereocenters. The minimum atomic E-state index is -3.80. The third kappa shape index (κ3) is 3.76. The summed E-state index contributed by atoms with van der Waals surface area (Å²) in [5, 5.41) is 11.8. The zero-order chi connectivity index (χ0) is 15.5. The number of hydrogen-bond acceptors (Lipinski definition) is 4. The minimum absolute atomic E-state index is 0.0427. The summed E-state index contributed by atoms with van der Waals surface area (Å²) >= 11 is 11.7. The van der Waals surface area contributed by atoms with Crippen LogP contribution in [0.25, 0.3) is 0 Å². The zero-order valence-electron chi connectivity index (χ0n) is 10.9. The highest BCUT2D eigenvalue weighted by Gasteiger charge is 2.26. The Morgan fingerprint density at radius 2 is 2.10 bits per heavy atom. The molecule has 1 aromatic carbocycles. The van der Waals surface area contributed by atoms with Crippen molar-refractivity contribution in [2.24, 2.45) is 16.8 Å². The van der Waals surface area contributed by atoms with Crippen LogP contribution in [0.1, 0.15) is 6.92 Å². The maximum absolute atomic E-state index is 12.4. The predicted octanol–water partition coefficient (Wildman–Crippen LogP) is 2.00. The highest BCUT2D eigenvalue weighted by atomic mass is 35.5. The summed E-state index contributed by atoms with van der Waals surface area (Å²) in [5.41, 5.74) is 5.43. The highest BCUT2D eigenvalue weighted by Crippen LogP contribution is 2.27. The van der Waals surface area contributed by atoms with Gasteiger partial charge in [-0.05, 0) is 18.2 Å². The second-order valence-electron chi connectivity index (χ2n) is 4.29. The quantitative estimate of drug-likeness (QED) is 0.371. The van der Waals surface area contributed by atoms with Gasteiger partial charge in [0.15, 0.2) is 0 Å². The summed E-state index contributed by atoms with van der Waals surface area (Å²) in [6.45, 7) is 1.68. The van der Waals surface area contributed by atoms with Crippen molar-refractivity contribution in [3.63, 3.8) is 0 Å². The molecule has 1 rings (SSSR count). The van der Waals surface area contributed by atoms with Crippen LogP contribution in [0.5, 0.6) is 0 Å². The van der Waals surface area contributed by atoms with Crippen molar-refractivity contribution in [2.45, 2.75) is 11.8 Å². The molecule has 0 radical (unpaired) electrons. The molecule has 0 spiro atoms. The maximum atomic E-state index is 12.4. The van der Waals surface area contributed by atoms with Gasteiger partial charge in [0.2, 0.25) is 10.0 Å². The molecule has 112 valence electrons. The van der Waals surface area contributed by atoms with Gasteiger partial charge in [0.05, 0.1) is 5.02 Å².